The molecule has 2 N–H and O–H groups in total. The molecule has 4 heteroatoms. The van der Waals surface area contributed by atoms with E-state index in [9.17, 15) is 0 Å². The monoisotopic (exact) mass is 276 g/mol. The van der Waals surface area contributed by atoms with Crippen molar-refractivity contribution in [1.82, 2.24) is 9.97 Å². The van der Waals surface area contributed by atoms with Crippen molar-refractivity contribution in [2.45, 2.75) is 53.9 Å². The quantitative estimate of drug-likeness (QED) is 0.798. The summed E-state index contributed by atoms with van der Waals surface area (Å²) in [4.78, 5) is 9.24. The second kappa shape index (κ2) is 5.98. The molecule has 1 aliphatic carbocycles. The Morgan fingerprint density at radius 2 is 1.75 bits per heavy atom. The Balaban J connectivity index is 2.09. The summed E-state index contributed by atoms with van der Waals surface area (Å²) >= 11 is 0. The van der Waals surface area contributed by atoms with Crippen LogP contribution in [0.5, 0.6) is 0 Å². The van der Waals surface area contributed by atoms with Gasteiger partial charge in [-0.3, -0.25) is 0 Å². The molecule has 20 heavy (non-hydrogen) atoms. The summed E-state index contributed by atoms with van der Waals surface area (Å²) in [5.41, 5.74) is 1.64. The standard InChI is InChI=1S/C16H28N4/c1-6-8-17-14-11(3)15(20-13(7-2)19-14)18-10-12-9-16(12,4)5/h12H,6-10H2,1-5H3,(H2,17,18,19,20). The molecule has 1 aromatic heterocycles. The summed E-state index contributed by atoms with van der Waals surface area (Å²) in [6, 6.07) is 0. The predicted octanol–water partition coefficient (Wildman–Crippen LogP) is 3.63. The van der Waals surface area contributed by atoms with E-state index in [4.69, 9.17) is 0 Å². The Hall–Kier alpha value is -1.32. The lowest BCUT2D eigenvalue weighted by molar-refractivity contribution is 0.572. The summed E-state index contributed by atoms with van der Waals surface area (Å²) in [5, 5.41) is 6.94. The van der Waals surface area contributed by atoms with Crippen LogP contribution in [0, 0.1) is 18.3 Å². The molecule has 0 bridgehead atoms. The lowest BCUT2D eigenvalue weighted by Crippen LogP contribution is -2.14. The zero-order valence-electron chi connectivity index (χ0n) is 13.5. The van der Waals surface area contributed by atoms with E-state index in [0.29, 0.717) is 5.41 Å². The fourth-order valence-electron chi connectivity index (χ4n) is 2.45. The molecule has 0 amide bonds. The molecule has 2 rings (SSSR count). The van der Waals surface area contributed by atoms with Crippen LogP contribution in [0.15, 0.2) is 0 Å². The molecule has 1 fully saturated rings. The van der Waals surface area contributed by atoms with Crippen molar-refractivity contribution in [3.63, 3.8) is 0 Å². The minimum Gasteiger partial charge on any atom is -0.370 e. The number of nitrogens with zero attached hydrogens (tertiary/aromatic N) is 2. The lowest BCUT2D eigenvalue weighted by atomic mass is 10.1. The zero-order chi connectivity index (χ0) is 14.8. The van der Waals surface area contributed by atoms with E-state index in [1.165, 1.54) is 6.42 Å². The van der Waals surface area contributed by atoms with Gasteiger partial charge in [0.25, 0.3) is 0 Å². The van der Waals surface area contributed by atoms with E-state index < -0.39 is 0 Å². The Morgan fingerprint density at radius 1 is 1.15 bits per heavy atom. The molecule has 0 aromatic carbocycles. The first kappa shape index (κ1) is 15.1. The highest BCUT2D eigenvalue weighted by atomic mass is 15.1. The minimum atomic E-state index is 0.505. The fourth-order valence-corrected chi connectivity index (χ4v) is 2.45. The molecular weight excluding hydrogens is 248 g/mol. The third-order valence-electron chi connectivity index (χ3n) is 4.28. The van der Waals surface area contributed by atoms with Gasteiger partial charge in [-0.25, -0.2) is 9.97 Å². The highest BCUT2D eigenvalue weighted by Crippen LogP contribution is 2.51. The van der Waals surface area contributed by atoms with Crippen molar-refractivity contribution in [2.24, 2.45) is 11.3 Å². The van der Waals surface area contributed by atoms with Crippen molar-refractivity contribution in [3.05, 3.63) is 11.4 Å². The highest BCUT2D eigenvalue weighted by Gasteiger charge is 2.45. The first-order valence-corrected chi connectivity index (χ1v) is 7.83. The first-order valence-electron chi connectivity index (χ1n) is 7.83. The molecular formula is C16H28N4. The third kappa shape index (κ3) is 3.41. The Morgan fingerprint density at radius 3 is 2.25 bits per heavy atom. The maximum absolute atomic E-state index is 4.64. The van der Waals surface area contributed by atoms with E-state index >= 15 is 0 Å². The van der Waals surface area contributed by atoms with Gasteiger partial charge in [0, 0.05) is 25.1 Å². The number of nitrogens with one attached hydrogen (secondary N) is 2. The second-order valence-electron chi connectivity index (χ2n) is 6.51. The van der Waals surface area contributed by atoms with Crippen LogP contribution < -0.4 is 10.6 Å². The molecule has 4 nitrogen and oxygen atoms in total. The predicted molar refractivity (Wildman–Crippen MR) is 85.3 cm³/mol. The van der Waals surface area contributed by atoms with Crippen LogP contribution in [-0.2, 0) is 6.42 Å². The van der Waals surface area contributed by atoms with Crippen molar-refractivity contribution in [1.29, 1.82) is 0 Å². The Bertz CT molecular complexity index is 468. The molecule has 0 saturated heterocycles. The topological polar surface area (TPSA) is 49.8 Å². The second-order valence-corrected chi connectivity index (χ2v) is 6.51. The van der Waals surface area contributed by atoms with Gasteiger partial charge in [-0.1, -0.05) is 27.7 Å². The molecule has 1 aliphatic rings. The number of hydrogen-bond acceptors (Lipinski definition) is 4. The summed E-state index contributed by atoms with van der Waals surface area (Å²) in [6.07, 6.45) is 3.28. The van der Waals surface area contributed by atoms with Gasteiger partial charge in [0.2, 0.25) is 0 Å². The van der Waals surface area contributed by atoms with Crippen LogP contribution in [0.25, 0.3) is 0 Å². The average molecular weight is 276 g/mol. The van der Waals surface area contributed by atoms with Crippen molar-refractivity contribution in [2.75, 3.05) is 23.7 Å². The van der Waals surface area contributed by atoms with Crippen molar-refractivity contribution in [3.8, 4) is 0 Å². The lowest BCUT2D eigenvalue weighted by Gasteiger charge is -2.15. The van der Waals surface area contributed by atoms with Crippen molar-refractivity contribution >= 4 is 11.6 Å². The average Bonchev–Trinajstić information content (AvgIpc) is 3.03. The van der Waals surface area contributed by atoms with Gasteiger partial charge in [-0.05, 0) is 31.1 Å². The molecule has 0 radical (unpaired) electrons. The van der Waals surface area contributed by atoms with Crippen LogP contribution >= 0.6 is 0 Å². The summed E-state index contributed by atoms with van der Waals surface area (Å²) in [5.74, 6) is 3.66. The summed E-state index contributed by atoms with van der Waals surface area (Å²) < 4.78 is 0. The maximum Gasteiger partial charge on any atom is 0.134 e. The normalized spacial score (nSPS) is 19.8. The highest BCUT2D eigenvalue weighted by molar-refractivity contribution is 5.57. The van der Waals surface area contributed by atoms with Gasteiger partial charge >= 0.3 is 0 Å². The van der Waals surface area contributed by atoms with Crippen LogP contribution in [0.1, 0.15) is 51.9 Å². The number of anilines is 2. The van der Waals surface area contributed by atoms with Gasteiger partial charge in [-0.15, -0.1) is 0 Å². The van der Waals surface area contributed by atoms with Crippen LogP contribution in [0.4, 0.5) is 11.6 Å². The molecule has 1 atom stereocenters. The number of rotatable bonds is 7. The SMILES string of the molecule is CCCNc1nc(CC)nc(NCC2CC2(C)C)c1C. The Kier molecular flexibility index (Phi) is 4.51. The molecule has 0 aliphatic heterocycles. The molecule has 0 spiro atoms. The van der Waals surface area contributed by atoms with E-state index in [-0.39, 0.29) is 0 Å². The molecule has 1 heterocycles. The molecule has 1 saturated carbocycles. The van der Waals surface area contributed by atoms with Crippen molar-refractivity contribution < 1.29 is 0 Å². The fraction of sp³-hybridized carbons (Fsp3) is 0.750. The van der Waals surface area contributed by atoms with Crippen LogP contribution in [0.3, 0.4) is 0 Å². The van der Waals surface area contributed by atoms with Gasteiger partial charge in [0.1, 0.15) is 17.5 Å². The van der Waals surface area contributed by atoms with Gasteiger partial charge in [0.05, 0.1) is 0 Å². The summed E-state index contributed by atoms with van der Waals surface area (Å²) in [7, 11) is 0. The summed E-state index contributed by atoms with van der Waals surface area (Å²) in [6.45, 7) is 13.0. The largest absolute Gasteiger partial charge is 0.370 e. The van der Waals surface area contributed by atoms with E-state index in [2.05, 4.69) is 55.2 Å². The number of aromatic nitrogens is 2. The zero-order valence-corrected chi connectivity index (χ0v) is 13.5. The van der Waals surface area contributed by atoms with E-state index in [1.54, 1.807) is 0 Å². The maximum atomic E-state index is 4.64. The minimum absolute atomic E-state index is 0.505. The third-order valence-corrected chi connectivity index (χ3v) is 4.28. The molecule has 1 unspecified atom stereocenters. The van der Waals surface area contributed by atoms with Gasteiger partial charge < -0.3 is 10.6 Å². The first-order chi connectivity index (χ1) is 9.47. The smallest absolute Gasteiger partial charge is 0.134 e. The van der Waals surface area contributed by atoms with E-state index in [0.717, 1.165) is 54.9 Å². The Labute approximate surface area is 122 Å². The number of hydrogen-bond donors (Lipinski definition) is 2. The van der Waals surface area contributed by atoms with Crippen LogP contribution in [0.2, 0.25) is 0 Å². The van der Waals surface area contributed by atoms with E-state index in [1.807, 2.05) is 0 Å². The molecule has 112 valence electrons. The van der Waals surface area contributed by atoms with Crippen LogP contribution in [-0.4, -0.2) is 23.1 Å². The number of aryl methyl sites for hydroxylation is 1. The molecule has 1 aromatic rings. The van der Waals surface area contributed by atoms with Gasteiger partial charge in [0.15, 0.2) is 0 Å². The van der Waals surface area contributed by atoms with Gasteiger partial charge in [-0.2, -0.15) is 0 Å².